The van der Waals surface area contributed by atoms with Crippen LogP contribution in [-0.4, -0.2) is 11.5 Å². The van der Waals surface area contributed by atoms with Gasteiger partial charge in [0, 0.05) is 36.7 Å². The van der Waals surface area contributed by atoms with E-state index in [0.717, 1.165) is 23.4 Å². The number of hydrogen-bond donors (Lipinski definition) is 2. The average Bonchev–Trinajstić information content (AvgIpc) is 2.13. The minimum absolute atomic E-state index is 0.0138. The number of ether oxygens (including phenoxy) is 1. The van der Waals surface area contributed by atoms with Gasteiger partial charge in [-0.15, -0.1) is 0 Å². The molecule has 0 aromatic heterocycles. The monoisotopic (exact) mass is 234 g/mol. The van der Waals surface area contributed by atoms with Gasteiger partial charge in [0.1, 0.15) is 11.4 Å². The predicted octanol–water partition coefficient (Wildman–Crippen LogP) is 2.21. The Labute approximate surface area is 101 Å². The lowest BCUT2D eigenvalue weighted by Crippen LogP contribution is -2.37. The van der Waals surface area contributed by atoms with Crippen LogP contribution >= 0.6 is 0 Å². The molecule has 1 aromatic carbocycles. The molecule has 1 heterocycles. The Morgan fingerprint density at radius 1 is 1.53 bits per heavy atom. The molecule has 1 atom stereocenters. The maximum Gasteiger partial charge on any atom is 0.221 e. The molecule has 1 unspecified atom stereocenters. The smallest absolute Gasteiger partial charge is 0.221 e. The fourth-order valence-electron chi connectivity index (χ4n) is 2.19. The van der Waals surface area contributed by atoms with Gasteiger partial charge in [-0.2, -0.15) is 0 Å². The lowest BCUT2D eigenvalue weighted by atomic mass is 9.90. The van der Waals surface area contributed by atoms with Crippen molar-refractivity contribution in [2.75, 3.05) is 5.32 Å². The third-order valence-corrected chi connectivity index (χ3v) is 2.83. The first kappa shape index (κ1) is 11.9. The molecular weight excluding hydrogens is 216 g/mol. The first-order chi connectivity index (χ1) is 7.87. The van der Waals surface area contributed by atoms with Crippen molar-refractivity contribution < 1.29 is 9.53 Å². The van der Waals surface area contributed by atoms with Crippen molar-refractivity contribution in [1.29, 1.82) is 0 Å². The van der Waals surface area contributed by atoms with E-state index in [2.05, 4.69) is 5.32 Å². The number of anilines is 1. The summed E-state index contributed by atoms with van der Waals surface area (Å²) in [6.45, 7) is 5.51. The summed E-state index contributed by atoms with van der Waals surface area (Å²) in [4.78, 5) is 11.0. The molecule has 1 aliphatic heterocycles. The van der Waals surface area contributed by atoms with Gasteiger partial charge in [0.15, 0.2) is 0 Å². The van der Waals surface area contributed by atoms with Gasteiger partial charge in [0.2, 0.25) is 5.91 Å². The predicted molar refractivity (Wildman–Crippen MR) is 67.0 cm³/mol. The molecule has 0 saturated carbocycles. The van der Waals surface area contributed by atoms with Gasteiger partial charge in [0.25, 0.3) is 0 Å². The van der Waals surface area contributed by atoms with Crippen molar-refractivity contribution in [2.24, 2.45) is 5.73 Å². The van der Waals surface area contributed by atoms with Gasteiger partial charge in [0.05, 0.1) is 0 Å². The summed E-state index contributed by atoms with van der Waals surface area (Å²) in [6, 6.07) is 5.58. The summed E-state index contributed by atoms with van der Waals surface area (Å²) < 4.78 is 5.88. The first-order valence-electron chi connectivity index (χ1n) is 5.73. The first-order valence-corrected chi connectivity index (χ1v) is 5.73. The molecule has 4 nitrogen and oxygen atoms in total. The summed E-state index contributed by atoms with van der Waals surface area (Å²) in [7, 11) is 0. The molecule has 1 aromatic rings. The van der Waals surface area contributed by atoms with E-state index in [-0.39, 0.29) is 17.6 Å². The van der Waals surface area contributed by atoms with E-state index >= 15 is 0 Å². The molecule has 0 spiro atoms. The molecule has 0 bridgehead atoms. The Balaban J connectivity index is 2.34. The van der Waals surface area contributed by atoms with Crippen molar-refractivity contribution in [3.05, 3.63) is 23.8 Å². The highest BCUT2D eigenvalue weighted by molar-refractivity contribution is 5.88. The van der Waals surface area contributed by atoms with Crippen LogP contribution in [0, 0.1) is 0 Å². The fourth-order valence-corrected chi connectivity index (χ4v) is 2.19. The molecule has 4 heteroatoms. The summed E-state index contributed by atoms with van der Waals surface area (Å²) >= 11 is 0. The zero-order chi connectivity index (χ0) is 12.6. The molecule has 0 fully saturated rings. The quantitative estimate of drug-likeness (QED) is 0.783. The molecule has 1 amide bonds. The van der Waals surface area contributed by atoms with E-state index in [4.69, 9.17) is 10.5 Å². The van der Waals surface area contributed by atoms with Crippen molar-refractivity contribution in [2.45, 2.75) is 38.8 Å². The number of fused-ring (bicyclic) bond motifs is 1. The lowest BCUT2D eigenvalue weighted by molar-refractivity contribution is -0.114. The maximum absolute atomic E-state index is 11.0. The van der Waals surface area contributed by atoms with E-state index in [1.54, 1.807) is 0 Å². The maximum atomic E-state index is 11.0. The molecule has 1 aliphatic rings. The summed E-state index contributed by atoms with van der Waals surface area (Å²) in [5, 5.41) is 2.74. The highest BCUT2D eigenvalue weighted by Crippen LogP contribution is 2.39. The van der Waals surface area contributed by atoms with Gasteiger partial charge >= 0.3 is 0 Å². The van der Waals surface area contributed by atoms with E-state index < -0.39 is 0 Å². The van der Waals surface area contributed by atoms with E-state index in [1.165, 1.54) is 6.92 Å². The third-order valence-electron chi connectivity index (χ3n) is 2.83. The molecule has 2 rings (SSSR count). The van der Waals surface area contributed by atoms with Gasteiger partial charge in [-0.3, -0.25) is 4.79 Å². The Hall–Kier alpha value is -1.55. The van der Waals surface area contributed by atoms with Crippen LogP contribution in [0.1, 0.15) is 38.8 Å². The van der Waals surface area contributed by atoms with Crippen molar-refractivity contribution in [3.63, 3.8) is 0 Å². The third kappa shape index (κ3) is 2.58. The van der Waals surface area contributed by atoms with Crippen LogP contribution in [-0.2, 0) is 4.79 Å². The molecule has 0 saturated heterocycles. The minimum atomic E-state index is -0.263. The number of rotatable bonds is 1. The SMILES string of the molecule is CC(=O)Nc1ccc2c(c1)OC(C)(C)CC2N. The van der Waals surface area contributed by atoms with Gasteiger partial charge < -0.3 is 15.8 Å². The van der Waals surface area contributed by atoms with Gasteiger partial charge in [-0.25, -0.2) is 0 Å². The number of carbonyl (C=O) groups is 1. The fraction of sp³-hybridized carbons (Fsp3) is 0.462. The molecule has 92 valence electrons. The molecule has 0 aliphatic carbocycles. The molecule has 0 radical (unpaired) electrons. The van der Waals surface area contributed by atoms with Crippen LogP contribution in [0.2, 0.25) is 0 Å². The molecule has 3 N–H and O–H groups in total. The van der Waals surface area contributed by atoms with E-state index in [0.29, 0.717) is 0 Å². The number of nitrogens with two attached hydrogens (primary N) is 1. The van der Waals surface area contributed by atoms with Crippen LogP contribution in [0.15, 0.2) is 18.2 Å². The number of nitrogens with one attached hydrogen (secondary N) is 1. The highest BCUT2D eigenvalue weighted by atomic mass is 16.5. The topological polar surface area (TPSA) is 64.3 Å². The van der Waals surface area contributed by atoms with Crippen LogP contribution in [0.3, 0.4) is 0 Å². The molecule has 17 heavy (non-hydrogen) atoms. The Kier molecular flexibility index (Phi) is 2.83. The second-order valence-corrected chi connectivity index (χ2v) is 5.11. The zero-order valence-corrected chi connectivity index (χ0v) is 10.4. The van der Waals surface area contributed by atoms with E-state index in [1.807, 2.05) is 32.0 Å². The summed E-state index contributed by atoms with van der Waals surface area (Å²) in [5.41, 5.74) is 7.58. The van der Waals surface area contributed by atoms with Crippen LogP contribution < -0.4 is 15.8 Å². The van der Waals surface area contributed by atoms with E-state index in [9.17, 15) is 4.79 Å². The van der Waals surface area contributed by atoms with Crippen molar-refractivity contribution in [3.8, 4) is 5.75 Å². The second kappa shape index (κ2) is 4.04. The number of carbonyl (C=O) groups excluding carboxylic acids is 1. The number of hydrogen-bond acceptors (Lipinski definition) is 3. The van der Waals surface area contributed by atoms with Gasteiger partial charge in [-0.05, 0) is 19.9 Å². The summed E-state index contributed by atoms with van der Waals surface area (Å²) in [5.74, 6) is 0.671. The Morgan fingerprint density at radius 3 is 2.88 bits per heavy atom. The lowest BCUT2D eigenvalue weighted by Gasteiger charge is -2.36. The zero-order valence-electron chi connectivity index (χ0n) is 10.4. The van der Waals surface area contributed by atoms with Crippen LogP contribution in [0.25, 0.3) is 0 Å². The van der Waals surface area contributed by atoms with Gasteiger partial charge in [-0.1, -0.05) is 6.07 Å². The number of amides is 1. The summed E-state index contributed by atoms with van der Waals surface area (Å²) in [6.07, 6.45) is 0.791. The highest BCUT2D eigenvalue weighted by Gasteiger charge is 2.31. The average molecular weight is 234 g/mol. The normalized spacial score (nSPS) is 21.3. The number of benzene rings is 1. The van der Waals surface area contributed by atoms with Crippen molar-refractivity contribution >= 4 is 11.6 Å². The van der Waals surface area contributed by atoms with Crippen LogP contribution in [0.4, 0.5) is 5.69 Å². The largest absolute Gasteiger partial charge is 0.487 e. The van der Waals surface area contributed by atoms with Crippen molar-refractivity contribution in [1.82, 2.24) is 0 Å². The molecular formula is C13H18N2O2. The Bertz CT molecular complexity index is 455. The second-order valence-electron chi connectivity index (χ2n) is 5.11. The Morgan fingerprint density at radius 2 is 2.24 bits per heavy atom. The van der Waals surface area contributed by atoms with Crippen LogP contribution in [0.5, 0.6) is 5.75 Å². The standard InChI is InChI=1S/C13H18N2O2/c1-8(16)15-9-4-5-10-11(14)7-13(2,3)17-12(10)6-9/h4-6,11H,7,14H2,1-3H3,(H,15,16). The minimum Gasteiger partial charge on any atom is -0.487 e.